The maximum atomic E-state index is 13.4. The summed E-state index contributed by atoms with van der Waals surface area (Å²) in [6.07, 6.45) is 2.22. The van der Waals surface area contributed by atoms with Crippen LogP contribution in [0, 0.1) is 11.7 Å². The van der Waals surface area contributed by atoms with Gasteiger partial charge in [-0.2, -0.15) is 0 Å². The average Bonchev–Trinajstić information content (AvgIpc) is 3.33. The minimum atomic E-state index is -0.325. The van der Waals surface area contributed by atoms with Gasteiger partial charge in [-0.1, -0.05) is 12.1 Å². The molecule has 1 unspecified atom stereocenters. The van der Waals surface area contributed by atoms with Crippen LogP contribution >= 0.6 is 11.3 Å². The number of halogens is 1. The monoisotopic (exact) mass is 386 g/mol. The molecule has 0 saturated carbocycles. The highest BCUT2D eigenvalue weighted by Crippen LogP contribution is 2.24. The number of nitrogens with zero attached hydrogens (tertiary/aromatic N) is 3. The number of imidazole rings is 1. The van der Waals surface area contributed by atoms with Crippen LogP contribution in [0.3, 0.4) is 0 Å². The van der Waals surface area contributed by atoms with E-state index in [0.717, 1.165) is 0 Å². The number of hydrogen-bond donors (Lipinski definition) is 1. The molecule has 2 amide bonds. The smallest absolute Gasteiger partial charge is 0.269 e. The van der Waals surface area contributed by atoms with Crippen molar-refractivity contribution >= 4 is 28.1 Å². The van der Waals surface area contributed by atoms with Crippen LogP contribution in [0.2, 0.25) is 0 Å². The number of carbonyl (C=O) groups excluding carboxylic acids is 2. The minimum absolute atomic E-state index is 0.140. The molecule has 1 aliphatic rings. The standard InChI is InChI=1S/C19H19FN4O2S/c1-2-23-9-12(6-17(23)25)8-21-18(26)16-11-27-19-22-15(10-24(16)19)13-4-3-5-14(20)7-13/h3-5,7,10-12H,2,6,8-9H2,1H3,(H,21,26). The topological polar surface area (TPSA) is 66.7 Å². The quantitative estimate of drug-likeness (QED) is 0.733. The molecule has 3 heterocycles. The third-order valence-electron chi connectivity index (χ3n) is 4.79. The van der Waals surface area contributed by atoms with E-state index in [-0.39, 0.29) is 23.5 Å². The van der Waals surface area contributed by atoms with Crippen molar-refractivity contribution in [2.24, 2.45) is 5.92 Å². The molecule has 1 fully saturated rings. The number of fused-ring (bicyclic) bond motifs is 1. The molecule has 0 spiro atoms. The van der Waals surface area contributed by atoms with Crippen molar-refractivity contribution in [3.63, 3.8) is 0 Å². The van der Waals surface area contributed by atoms with E-state index in [4.69, 9.17) is 0 Å². The Labute approximate surface area is 159 Å². The lowest BCUT2D eigenvalue weighted by Crippen LogP contribution is -2.31. The van der Waals surface area contributed by atoms with E-state index in [1.807, 2.05) is 6.92 Å². The molecule has 1 N–H and O–H groups in total. The van der Waals surface area contributed by atoms with Crippen LogP contribution in [0.25, 0.3) is 16.2 Å². The fraction of sp³-hybridized carbons (Fsp3) is 0.316. The Bertz CT molecular complexity index is 1010. The number of carbonyl (C=O) groups is 2. The van der Waals surface area contributed by atoms with E-state index in [2.05, 4.69) is 10.3 Å². The summed E-state index contributed by atoms with van der Waals surface area (Å²) in [5, 5.41) is 4.68. The third-order valence-corrected chi connectivity index (χ3v) is 5.63. The van der Waals surface area contributed by atoms with Gasteiger partial charge in [-0.3, -0.25) is 14.0 Å². The third kappa shape index (κ3) is 3.44. The highest BCUT2D eigenvalue weighted by atomic mass is 32.1. The molecule has 0 radical (unpaired) electrons. The van der Waals surface area contributed by atoms with E-state index in [1.54, 1.807) is 33.0 Å². The maximum absolute atomic E-state index is 13.4. The molecule has 3 aromatic rings. The van der Waals surface area contributed by atoms with Gasteiger partial charge in [-0.15, -0.1) is 11.3 Å². The van der Waals surface area contributed by atoms with E-state index in [9.17, 15) is 14.0 Å². The molecule has 2 aromatic heterocycles. The molecule has 6 nitrogen and oxygen atoms in total. The van der Waals surface area contributed by atoms with E-state index < -0.39 is 0 Å². The number of nitrogens with one attached hydrogen (secondary N) is 1. The molecule has 1 saturated heterocycles. The first kappa shape index (κ1) is 17.7. The Kier molecular flexibility index (Phi) is 4.65. The Morgan fingerprint density at radius 2 is 2.30 bits per heavy atom. The largest absolute Gasteiger partial charge is 0.350 e. The highest BCUT2D eigenvalue weighted by molar-refractivity contribution is 7.15. The number of likely N-dealkylation sites (tertiary alicyclic amines) is 1. The van der Waals surface area contributed by atoms with Gasteiger partial charge in [0.05, 0.1) is 5.69 Å². The van der Waals surface area contributed by atoms with Crippen LogP contribution in [0.1, 0.15) is 23.8 Å². The van der Waals surface area contributed by atoms with Gasteiger partial charge < -0.3 is 10.2 Å². The van der Waals surface area contributed by atoms with Gasteiger partial charge in [0.25, 0.3) is 5.91 Å². The fourth-order valence-corrected chi connectivity index (χ4v) is 4.21. The Balaban J connectivity index is 1.49. The number of benzene rings is 1. The molecule has 1 atom stereocenters. The zero-order valence-corrected chi connectivity index (χ0v) is 15.6. The molecular formula is C19H19FN4O2S. The van der Waals surface area contributed by atoms with Crippen LogP contribution in [-0.4, -0.2) is 45.7 Å². The Morgan fingerprint density at radius 1 is 1.44 bits per heavy atom. The van der Waals surface area contributed by atoms with Crippen molar-refractivity contribution in [3.05, 3.63) is 47.4 Å². The second kappa shape index (κ2) is 7.11. The lowest BCUT2D eigenvalue weighted by molar-refractivity contribution is -0.127. The fourth-order valence-electron chi connectivity index (χ4n) is 3.36. The van der Waals surface area contributed by atoms with Crippen LogP contribution < -0.4 is 5.32 Å². The van der Waals surface area contributed by atoms with Gasteiger partial charge in [-0.25, -0.2) is 9.37 Å². The number of thiazole rings is 1. The van der Waals surface area contributed by atoms with Crippen molar-refractivity contribution in [2.45, 2.75) is 13.3 Å². The average molecular weight is 386 g/mol. The summed E-state index contributed by atoms with van der Waals surface area (Å²) in [7, 11) is 0. The summed E-state index contributed by atoms with van der Waals surface area (Å²) in [6.45, 7) is 3.80. The zero-order valence-electron chi connectivity index (χ0n) is 14.8. The summed E-state index contributed by atoms with van der Waals surface area (Å²) in [5.41, 5.74) is 1.78. The minimum Gasteiger partial charge on any atom is -0.350 e. The summed E-state index contributed by atoms with van der Waals surface area (Å²) >= 11 is 1.36. The summed E-state index contributed by atoms with van der Waals surface area (Å²) in [6, 6.07) is 6.22. The molecule has 0 bridgehead atoms. The molecule has 140 valence electrons. The first-order chi connectivity index (χ1) is 13.0. The lowest BCUT2D eigenvalue weighted by atomic mass is 10.1. The van der Waals surface area contributed by atoms with Gasteiger partial charge in [0, 0.05) is 49.1 Å². The SMILES string of the molecule is CCN1CC(CNC(=O)c2csc3nc(-c4cccc(F)c4)cn23)CC1=O. The molecule has 1 aliphatic heterocycles. The Hall–Kier alpha value is -2.74. The number of rotatable bonds is 5. The zero-order chi connectivity index (χ0) is 19.0. The van der Waals surface area contributed by atoms with Gasteiger partial charge in [0.1, 0.15) is 11.5 Å². The molecule has 8 heteroatoms. The van der Waals surface area contributed by atoms with Crippen molar-refractivity contribution in [1.29, 1.82) is 0 Å². The molecule has 4 rings (SSSR count). The summed E-state index contributed by atoms with van der Waals surface area (Å²) < 4.78 is 15.2. The highest BCUT2D eigenvalue weighted by Gasteiger charge is 2.28. The first-order valence-electron chi connectivity index (χ1n) is 8.83. The predicted octanol–water partition coefficient (Wildman–Crippen LogP) is 2.80. The van der Waals surface area contributed by atoms with Crippen molar-refractivity contribution in [1.82, 2.24) is 19.6 Å². The van der Waals surface area contributed by atoms with Crippen LogP contribution in [-0.2, 0) is 4.79 Å². The molecular weight excluding hydrogens is 367 g/mol. The van der Waals surface area contributed by atoms with Crippen LogP contribution in [0.15, 0.2) is 35.8 Å². The molecule has 0 aliphatic carbocycles. The van der Waals surface area contributed by atoms with E-state index in [0.29, 0.717) is 48.0 Å². The van der Waals surface area contributed by atoms with Crippen molar-refractivity contribution in [3.8, 4) is 11.3 Å². The van der Waals surface area contributed by atoms with Crippen molar-refractivity contribution < 1.29 is 14.0 Å². The first-order valence-corrected chi connectivity index (χ1v) is 9.71. The molecule has 27 heavy (non-hydrogen) atoms. The maximum Gasteiger partial charge on any atom is 0.269 e. The van der Waals surface area contributed by atoms with E-state index in [1.165, 1.54) is 23.5 Å². The second-order valence-electron chi connectivity index (χ2n) is 6.62. The second-order valence-corrected chi connectivity index (χ2v) is 7.46. The number of hydrogen-bond acceptors (Lipinski definition) is 4. The van der Waals surface area contributed by atoms with Crippen LogP contribution in [0.4, 0.5) is 4.39 Å². The molecule has 1 aromatic carbocycles. The van der Waals surface area contributed by atoms with Crippen molar-refractivity contribution in [2.75, 3.05) is 19.6 Å². The number of aromatic nitrogens is 2. The van der Waals surface area contributed by atoms with Gasteiger partial charge in [0.2, 0.25) is 5.91 Å². The van der Waals surface area contributed by atoms with Crippen LogP contribution in [0.5, 0.6) is 0 Å². The predicted molar refractivity (Wildman–Crippen MR) is 101 cm³/mol. The van der Waals surface area contributed by atoms with Gasteiger partial charge in [0.15, 0.2) is 4.96 Å². The summed E-state index contributed by atoms with van der Waals surface area (Å²) in [5.74, 6) is -0.244. The van der Waals surface area contributed by atoms with Gasteiger partial charge in [-0.05, 0) is 19.1 Å². The summed E-state index contributed by atoms with van der Waals surface area (Å²) in [4.78, 5) is 31.4. The van der Waals surface area contributed by atoms with E-state index >= 15 is 0 Å². The number of amides is 2. The lowest BCUT2D eigenvalue weighted by Gasteiger charge is -2.13. The Morgan fingerprint density at radius 3 is 3.04 bits per heavy atom. The van der Waals surface area contributed by atoms with Gasteiger partial charge >= 0.3 is 0 Å². The normalized spacial score (nSPS) is 17.0.